The summed E-state index contributed by atoms with van der Waals surface area (Å²) in [7, 11) is -4.01. The van der Waals surface area contributed by atoms with Gasteiger partial charge in [0.2, 0.25) is 0 Å². The van der Waals surface area contributed by atoms with Gasteiger partial charge in [0.15, 0.2) is 5.30 Å². The van der Waals surface area contributed by atoms with Crippen molar-refractivity contribution in [2.45, 2.75) is 26.2 Å². The van der Waals surface area contributed by atoms with Gasteiger partial charge in [0.25, 0.3) is 0 Å². The van der Waals surface area contributed by atoms with Crippen LogP contribution < -0.4 is 5.30 Å². The lowest BCUT2D eigenvalue weighted by Crippen LogP contribution is -2.25. The second-order valence-electron chi connectivity index (χ2n) is 5.92. The third-order valence-corrected chi connectivity index (χ3v) is 4.27. The van der Waals surface area contributed by atoms with E-state index in [1.54, 1.807) is 12.1 Å². The molecule has 0 saturated heterocycles. The molecule has 2 aromatic carbocycles. The van der Waals surface area contributed by atoms with Gasteiger partial charge >= 0.3 is 7.94 Å². The van der Waals surface area contributed by atoms with Gasteiger partial charge in [0.05, 0.1) is 0 Å². The maximum Gasteiger partial charge on any atom is 0.441 e. The fourth-order valence-corrected chi connectivity index (χ4v) is 3.21. The first-order valence-electron chi connectivity index (χ1n) is 6.47. The van der Waals surface area contributed by atoms with Gasteiger partial charge in [-0.05, 0) is 28.7 Å². The van der Waals surface area contributed by atoms with Crippen LogP contribution in [-0.4, -0.2) is 14.7 Å². The van der Waals surface area contributed by atoms with Gasteiger partial charge in [0.1, 0.15) is 0 Å². The van der Waals surface area contributed by atoms with Gasteiger partial charge < -0.3 is 0 Å². The van der Waals surface area contributed by atoms with Crippen LogP contribution in [0.5, 0.6) is 0 Å². The molecule has 0 aliphatic rings. The largest absolute Gasteiger partial charge is 0.441 e. The van der Waals surface area contributed by atoms with Crippen LogP contribution in [0.15, 0.2) is 48.5 Å². The molecule has 0 saturated carbocycles. The van der Waals surface area contributed by atoms with E-state index in [0.29, 0.717) is 0 Å². The van der Waals surface area contributed by atoms with E-state index in [-0.39, 0.29) is 10.7 Å². The molecule has 2 rings (SSSR count). The van der Waals surface area contributed by atoms with Crippen LogP contribution in [0.2, 0.25) is 0 Å². The zero-order valence-corrected chi connectivity index (χ0v) is 12.8. The lowest BCUT2D eigenvalue weighted by atomic mass is 9.85. The second-order valence-corrected chi connectivity index (χ2v) is 7.53. The summed E-state index contributed by atoms with van der Waals surface area (Å²) in [6, 6.07) is 15.2. The summed E-state index contributed by atoms with van der Waals surface area (Å²) >= 11 is 0. The average Bonchev–Trinajstić information content (AvgIpc) is 2.37. The summed E-state index contributed by atoms with van der Waals surface area (Å²) in [5.41, 5.74) is 2.51. The highest BCUT2D eigenvalue weighted by molar-refractivity contribution is 7.66. The molecule has 0 spiro atoms. The molecule has 0 aromatic heterocycles. The quantitative estimate of drug-likeness (QED) is 0.745. The third-order valence-electron chi connectivity index (χ3n) is 3.23. The summed E-state index contributed by atoms with van der Waals surface area (Å²) in [5, 5.41) is 0.227. The molecule has 0 unspecified atom stereocenters. The van der Waals surface area contributed by atoms with E-state index >= 15 is 0 Å². The molecule has 0 bridgehead atoms. The first-order chi connectivity index (χ1) is 9.19. The van der Waals surface area contributed by atoms with Crippen LogP contribution in [0.3, 0.4) is 0 Å². The Morgan fingerprint density at radius 2 is 1.40 bits per heavy atom. The SMILES string of the molecule is CC(C)(C)c1cc(-c2ccccc2)ccc1[P+](O)(O)O. The van der Waals surface area contributed by atoms with E-state index in [1.165, 1.54) is 0 Å². The summed E-state index contributed by atoms with van der Waals surface area (Å²) in [6.45, 7) is 5.95. The topological polar surface area (TPSA) is 60.7 Å². The predicted molar refractivity (Wildman–Crippen MR) is 83.8 cm³/mol. The molecule has 2 aromatic rings. The molecule has 0 atom stereocenters. The Kier molecular flexibility index (Phi) is 3.99. The van der Waals surface area contributed by atoms with Crippen molar-refractivity contribution >= 4 is 13.2 Å². The lowest BCUT2D eigenvalue weighted by molar-refractivity contribution is 0.346. The van der Waals surface area contributed by atoms with Crippen molar-refractivity contribution in [2.24, 2.45) is 0 Å². The van der Waals surface area contributed by atoms with Crippen molar-refractivity contribution in [1.29, 1.82) is 0 Å². The number of rotatable bonds is 2. The first kappa shape index (κ1) is 15.1. The second kappa shape index (κ2) is 5.27. The molecule has 0 fully saturated rings. The Morgan fingerprint density at radius 1 is 0.800 bits per heavy atom. The highest BCUT2D eigenvalue weighted by Gasteiger charge is 2.39. The van der Waals surface area contributed by atoms with Crippen LogP contribution in [0, 0.1) is 0 Å². The minimum Gasteiger partial charge on any atom is -0.189 e. The molecule has 0 aliphatic heterocycles. The predicted octanol–water partition coefficient (Wildman–Crippen LogP) is 3.02. The monoisotopic (exact) mass is 291 g/mol. The van der Waals surface area contributed by atoms with E-state index in [0.717, 1.165) is 16.7 Å². The van der Waals surface area contributed by atoms with Crippen molar-refractivity contribution < 1.29 is 14.7 Å². The molecule has 0 radical (unpaired) electrons. The molecule has 3 nitrogen and oxygen atoms in total. The van der Waals surface area contributed by atoms with Crippen LogP contribution in [0.4, 0.5) is 0 Å². The molecule has 4 heteroatoms. The molecular weight excluding hydrogens is 271 g/mol. The minimum absolute atomic E-state index is 0.227. The van der Waals surface area contributed by atoms with Crippen molar-refractivity contribution in [3.63, 3.8) is 0 Å². The Morgan fingerprint density at radius 3 is 1.90 bits per heavy atom. The number of hydrogen-bond acceptors (Lipinski definition) is 3. The maximum absolute atomic E-state index is 9.62. The molecule has 20 heavy (non-hydrogen) atoms. The molecule has 0 aliphatic carbocycles. The zero-order valence-electron chi connectivity index (χ0n) is 11.9. The van der Waals surface area contributed by atoms with E-state index in [4.69, 9.17) is 0 Å². The maximum atomic E-state index is 9.62. The van der Waals surface area contributed by atoms with Gasteiger partial charge in [-0.15, -0.1) is 0 Å². The van der Waals surface area contributed by atoms with E-state index < -0.39 is 7.94 Å². The van der Waals surface area contributed by atoms with Gasteiger partial charge in [0, 0.05) is 5.56 Å². The Balaban J connectivity index is 2.62. The van der Waals surface area contributed by atoms with Crippen LogP contribution in [0.1, 0.15) is 26.3 Å². The first-order valence-corrected chi connectivity index (χ1v) is 8.12. The van der Waals surface area contributed by atoms with E-state index in [1.807, 2.05) is 57.2 Å². The zero-order chi connectivity index (χ0) is 15.0. The molecule has 0 heterocycles. The smallest absolute Gasteiger partial charge is 0.189 e. The third kappa shape index (κ3) is 3.25. The van der Waals surface area contributed by atoms with Gasteiger partial charge in [-0.25, -0.2) is 0 Å². The Bertz CT molecular complexity index is 595. The number of benzene rings is 2. The minimum atomic E-state index is -4.01. The molecule has 3 N–H and O–H groups in total. The Labute approximate surface area is 120 Å². The van der Waals surface area contributed by atoms with E-state index in [2.05, 4.69) is 0 Å². The summed E-state index contributed by atoms with van der Waals surface area (Å²) < 4.78 is 0. The van der Waals surface area contributed by atoms with Gasteiger partial charge in [-0.3, -0.25) is 0 Å². The normalized spacial score (nSPS) is 12.5. The van der Waals surface area contributed by atoms with Crippen LogP contribution >= 0.6 is 7.94 Å². The standard InChI is InChI=1S/C16H20O3P/c1-16(2,3)14-11-13(12-7-5-4-6-8-12)9-10-15(14)20(17,18)19/h4-11,17-19H,1-3H3/q+1. The van der Waals surface area contributed by atoms with Gasteiger partial charge in [-0.1, -0.05) is 57.2 Å². The lowest BCUT2D eigenvalue weighted by Gasteiger charge is -2.22. The molecule has 106 valence electrons. The fourth-order valence-electron chi connectivity index (χ4n) is 2.21. The molecule has 0 amide bonds. The van der Waals surface area contributed by atoms with Crippen LogP contribution in [0.25, 0.3) is 11.1 Å². The van der Waals surface area contributed by atoms with Crippen molar-refractivity contribution in [3.05, 3.63) is 54.1 Å². The number of hydrogen-bond donors (Lipinski definition) is 3. The summed E-state index contributed by atoms with van der Waals surface area (Å²) in [4.78, 5) is 28.9. The van der Waals surface area contributed by atoms with Gasteiger partial charge in [-0.2, -0.15) is 14.7 Å². The molecular formula is C16H20O3P+. The summed E-state index contributed by atoms with van der Waals surface area (Å²) in [6.07, 6.45) is 0. The fraction of sp³-hybridized carbons (Fsp3) is 0.250. The van der Waals surface area contributed by atoms with E-state index in [9.17, 15) is 14.7 Å². The summed E-state index contributed by atoms with van der Waals surface area (Å²) in [5.74, 6) is 0. The highest BCUT2D eigenvalue weighted by atomic mass is 31.2. The Hall–Kier alpha value is -1.25. The highest BCUT2D eigenvalue weighted by Crippen LogP contribution is 2.46. The van der Waals surface area contributed by atoms with Crippen molar-refractivity contribution in [2.75, 3.05) is 0 Å². The van der Waals surface area contributed by atoms with Crippen molar-refractivity contribution in [1.82, 2.24) is 0 Å². The van der Waals surface area contributed by atoms with Crippen LogP contribution in [-0.2, 0) is 5.41 Å². The average molecular weight is 291 g/mol. The van der Waals surface area contributed by atoms with Crippen molar-refractivity contribution in [3.8, 4) is 11.1 Å².